The minimum absolute atomic E-state index is 0.000995. The van der Waals surface area contributed by atoms with Crippen LogP contribution in [0.15, 0.2) is 6.07 Å². The smallest absolute Gasteiger partial charge is 0.453 e. The molecule has 0 fully saturated rings. The number of alkyl halides is 5. The van der Waals surface area contributed by atoms with Crippen molar-refractivity contribution in [2.75, 3.05) is 0 Å². The van der Waals surface area contributed by atoms with Crippen molar-refractivity contribution in [1.29, 1.82) is 0 Å². The van der Waals surface area contributed by atoms with Gasteiger partial charge in [0.1, 0.15) is 0 Å². The van der Waals surface area contributed by atoms with Crippen LogP contribution in [0.25, 0.3) is 0 Å². The van der Waals surface area contributed by atoms with Gasteiger partial charge in [-0.3, -0.25) is 0 Å². The molecule has 0 bridgehead atoms. The van der Waals surface area contributed by atoms with Crippen molar-refractivity contribution in [2.24, 2.45) is 0 Å². The number of hydrogen-bond acceptors (Lipinski definition) is 1. The van der Waals surface area contributed by atoms with Crippen LogP contribution >= 0.6 is 0 Å². The van der Waals surface area contributed by atoms with Gasteiger partial charge in [-0.25, -0.2) is 4.39 Å². The Labute approximate surface area is 112 Å². The zero-order valence-corrected chi connectivity index (χ0v) is 11.1. The highest BCUT2D eigenvalue weighted by atomic mass is 19.4. The summed E-state index contributed by atoms with van der Waals surface area (Å²) in [7, 11) is 0. The van der Waals surface area contributed by atoms with E-state index in [0.29, 0.717) is 0 Å². The lowest BCUT2D eigenvalue weighted by Crippen LogP contribution is -2.38. The van der Waals surface area contributed by atoms with Crippen LogP contribution in [-0.4, -0.2) is 17.2 Å². The fourth-order valence-electron chi connectivity index (χ4n) is 1.77. The van der Waals surface area contributed by atoms with Crippen LogP contribution in [0.3, 0.4) is 0 Å². The molecular weight excluding hydrogens is 286 g/mol. The maximum Gasteiger partial charge on any atom is 0.453 e. The van der Waals surface area contributed by atoms with Crippen molar-refractivity contribution in [2.45, 2.75) is 45.2 Å². The molecule has 0 spiro atoms. The van der Waals surface area contributed by atoms with Crippen LogP contribution in [0.4, 0.5) is 26.3 Å². The normalized spacial score (nSPS) is 13.1. The van der Waals surface area contributed by atoms with Crippen molar-refractivity contribution in [3.8, 4) is 5.75 Å². The van der Waals surface area contributed by atoms with Crippen LogP contribution in [0.2, 0.25) is 0 Å². The number of phenolic OH excluding ortho intramolecular Hbond substituents is 1. The second-order valence-electron chi connectivity index (χ2n) is 4.95. The lowest BCUT2D eigenvalue weighted by atomic mass is 9.93. The topological polar surface area (TPSA) is 20.2 Å². The van der Waals surface area contributed by atoms with E-state index in [-0.39, 0.29) is 5.56 Å². The van der Waals surface area contributed by atoms with Gasteiger partial charge < -0.3 is 5.11 Å². The second kappa shape index (κ2) is 5.18. The highest BCUT2D eigenvalue weighted by Gasteiger charge is 2.57. The van der Waals surface area contributed by atoms with Crippen LogP contribution in [0.1, 0.15) is 36.5 Å². The first-order valence-electron chi connectivity index (χ1n) is 5.84. The van der Waals surface area contributed by atoms with E-state index in [1.807, 2.05) is 0 Å². The second-order valence-corrected chi connectivity index (χ2v) is 4.95. The fraction of sp³-hybridized carbons (Fsp3) is 0.538. The minimum atomic E-state index is -5.70. The summed E-state index contributed by atoms with van der Waals surface area (Å²) in [6.45, 7) is 4.19. The maximum absolute atomic E-state index is 13.7. The van der Waals surface area contributed by atoms with E-state index in [2.05, 4.69) is 0 Å². The molecule has 0 saturated carbocycles. The summed E-state index contributed by atoms with van der Waals surface area (Å²) in [6.07, 6.45) is -7.36. The Kier molecular flexibility index (Phi) is 4.31. The summed E-state index contributed by atoms with van der Waals surface area (Å²) < 4.78 is 76.4. The van der Waals surface area contributed by atoms with Crippen molar-refractivity contribution in [1.82, 2.24) is 0 Å². The summed E-state index contributed by atoms with van der Waals surface area (Å²) in [5.41, 5.74) is -0.872. The summed E-state index contributed by atoms with van der Waals surface area (Å²) in [4.78, 5) is 0. The Bertz CT molecular complexity index is 505. The van der Waals surface area contributed by atoms with Crippen molar-refractivity contribution >= 4 is 0 Å². The fourth-order valence-corrected chi connectivity index (χ4v) is 1.77. The molecule has 1 aromatic rings. The predicted molar refractivity (Wildman–Crippen MR) is 61.6 cm³/mol. The Morgan fingerprint density at radius 2 is 1.65 bits per heavy atom. The van der Waals surface area contributed by atoms with Crippen LogP contribution in [0.5, 0.6) is 5.75 Å². The summed E-state index contributed by atoms with van der Waals surface area (Å²) in [6, 6.07) is 0.998. The van der Waals surface area contributed by atoms with E-state index in [4.69, 9.17) is 0 Å². The SMILES string of the molecule is Cc1c(CC(F)(F)C(F)(F)F)cc(C(C)C)c(O)c1F. The molecule has 20 heavy (non-hydrogen) atoms. The van der Waals surface area contributed by atoms with E-state index in [1.54, 1.807) is 13.8 Å². The van der Waals surface area contributed by atoms with E-state index >= 15 is 0 Å². The molecule has 7 heteroatoms. The lowest BCUT2D eigenvalue weighted by Gasteiger charge is -2.22. The molecule has 0 aromatic heterocycles. The molecule has 0 radical (unpaired) electrons. The van der Waals surface area contributed by atoms with Gasteiger partial charge >= 0.3 is 12.1 Å². The summed E-state index contributed by atoms with van der Waals surface area (Å²) >= 11 is 0. The third kappa shape index (κ3) is 3.02. The van der Waals surface area contributed by atoms with Gasteiger partial charge in [-0.05, 0) is 29.5 Å². The molecule has 0 heterocycles. The van der Waals surface area contributed by atoms with Gasteiger partial charge in [-0.15, -0.1) is 0 Å². The number of benzene rings is 1. The Morgan fingerprint density at radius 1 is 1.15 bits per heavy atom. The summed E-state index contributed by atoms with van der Waals surface area (Å²) in [5, 5.41) is 9.55. The van der Waals surface area contributed by atoms with E-state index in [0.717, 1.165) is 13.0 Å². The Morgan fingerprint density at radius 3 is 2.05 bits per heavy atom. The standard InChI is InChI=1S/C13H14F6O/c1-6(2)9-4-8(7(3)10(14)11(9)20)5-12(15,16)13(17,18)19/h4,6,20H,5H2,1-3H3. The van der Waals surface area contributed by atoms with Crippen LogP contribution in [0, 0.1) is 12.7 Å². The van der Waals surface area contributed by atoms with Gasteiger partial charge in [0, 0.05) is 6.42 Å². The van der Waals surface area contributed by atoms with Crippen molar-refractivity contribution in [3.63, 3.8) is 0 Å². The van der Waals surface area contributed by atoms with Gasteiger partial charge in [0.05, 0.1) is 0 Å². The first kappa shape index (κ1) is 16.7. The number of aromatic hydroxyl groups is 1. The molecule has 1 rings (SSSR count). The Balaban J connectivity index is 3.33. The molecule has 0 unspecified atom stereocenters. The zero-order valence-electron chi connectivity index (χ0n) is 11.1. The molecule has 1 N–H and O–H groups in total. The molecule has 0 saturated heterocycles. The quantitative estimate of drug-likeness (QED) is 0.802. The lowest BCUT2D eigenvalue weighted by molar-refractivity contribution is -0.281. The molecule has 114 valence electrons. The molecule has 1 aromatic carbocycles. The van der Waals surface area contributed by atoms with Gasteiger partial charge in [0.25, 0.3) is 0 Å². The predicted octanol–water partition coefficient (Wildman–Crippen LogP) is 4.70. The van der Waals surface area contributed by atoms with Gasteiger partial charge in [0.15, 0.2) is 11.6 Å². The molecule has 0 aliphatic heterocycles. The molecule has 0 aliphatic rings. The van der Waals surface area contributed by atoms with Crippen LogP contribution < -0.4 is 0 Å². The number of halogens is 6. The number of rotatable bonds is 3. The Hall–Kier alpha value is -1.40. The van der Waals surface area contributed by atoms with E-state index in [9.17, 15) is 31.4 Å². The first-order valence-corrected chi connectivity index (χ1v) is 5.84. The van der Waals surface area contributed by atoms with E-state index in [1.165, 1.54) is 0 Å². The monoisotopic (exact) mass is 300 g/mol. The molecule has 1 nitrogen and oxygen atoms in total. The molecule has 0 atom stereocenters. The maximum atomic E-state index is 13.7. The number of phenols is 1. The summed E-state index contributed by atoms with van der Waals surface area (Å²) in [5.74, 6) is -7.24. The largest absolute Gasteiger partial charge is 0.505 e. The third-order valence-electron chi connectivity index (χ3n) is 3.07. The minimum Gasteiger partial charge on any atom is -0.505 e. The van der Waals surface area contributed by atoms with Crippen molar-refractivity contribution in [3.05, 3.63) is 28.6 Å². The zero-order chi connectivity index (χ0) is 15.9. The van der Waals surface area contributed by atoms with E-state index < -0.39 is 47.1 Å². The average Bonchev–Trinajstić information content (AvgIpc) is 2.27. The van der Waals surface area contributed by atoms with Crippen LogP contribution in [-0.2, 0) is 6.42 Å². The van der Waals surface area contributed by atoms with Gasteiger partial charge in [-0.1, -0.05) is 19.9 Å². The van der Waals surface area contributed by atoms with Crippen molar-refractivity contribution < 1.29 is 31.4 Å². The molecule has 0 amide bonds. The van der Waals surface area contributed by atoms with Gasteiger partial charge in [0.2, 0.25) is 0 Å². The van der Waals surface area contributed by atoms with Gasteiger partial charge in [-0.2, -0.15) is 22.0 Å². The first-order chi connectivity index (χ1) is 8.88. The highest BCUT2D eigenvalue weighted by Crippen LogP contribution is 2.40. The highest BCUT2D eigenvalue weighted by molar-refractivity contribution is 5.45. The average molecular weight is 300 g/mol. The third-order valence-corrected chi connectivity index (χ3v) is 3.07. The molecular formula is C13H14F6O. The number of hydrogen-bond donors (Lipinski definition) is 1. The molecule has 0 aliphatic carbocycles.